The molecule has 0 saturated carbocycles. The zero-order valence-electron chi connectivity index (χ0n) is 19.9. The molecule has 3 heterocycles. The van der Waals surface area contributed by atoms with Crippen LogP contribution in [0.2, 0.25) is 0 Å². The molecule has 3 aromatic rings. The van der Waals surface area contributed by atoms with Gasteiger partial charge < -0.3 is 14.6 Å². The van der Waals surface area contributed by atoms with E-state index in [1.54, 1.807) is 30.5 Å². The van der Waals surface area contributed by atoms with Gasteiger partial charge in [-0.15, -0.1) is 0 Å². The summed E-state index contributed by atoms with van der Waals surface area (Å²) in [6.45, 7) is 1.34. The van der Waals surface area contributed by atoms with Crippen molar-refractivity contribution in [3.63, 3.8) is 0 Å². The third-order valence-corrected chi connectivity index (χ3v) is 6.48. The number of hydrogen-bond donors (Lipinski definition) is 1. The van der Waals surface area contributed by atoms with Gasteiger partial charge in [-0.25, -0.2) is 14.4 Å². The van der Waals surface area contributed by atoms with Crippen molar-refractivity contribution in [1.29, 1.82) is 5.26 Å². The lowest BCUT2D eigenvalue weighted by atomic mass is 10.1. The highest BCUT2D eigenvalue weighted by Gasteiger charge is 2.19. The molecule has 2 aliphatic heterocycles. The van der Waals surface area contributed by atoms with Gasteiger partial charge in [0.1, 0.15) is 17.7 Å². The van der Waals surface area contributed by atoms with Crippen LogP contribution in [0.25, 0.3) is 28.1 Å². The number of nitriles is 1. The summed E-state index contributed by atoms with van der Waals surface area (Å²) < 4.78 is 21.4. The number of fused-ring (bicyclic) bond motifs is 2. The molecule has 0 unspecified atom stereocenters. The molecule has 0 amide bonds. The van der Waals surface area contributed by atoms with E-state index in [0.29, 0.717) is 30.3 Å². The molecule has 182 valence electrons. The Balaban J connectivity index is 1.63. The Morgan fingerprint density at radius 3 is 2.65 bits per heavy atom. The summed E-state index contributed by atoms with van der Waals surface area (Å²) >= 11 is 0. The molecule has 8 heteroatoms. The molecule has 1 N–H and O–H groups in total. The maximum Gasteiger partial charge on any atom is 0.148 e. The van der Waals surface area contributed by atoms with Crippen LogP contribution in [0.1, 0.15) is 18.4 Å². The van der Waals surface area contributed by atoms with E-state index in [1.807, 2.05) is 36.4 Å². The standard InChI is InChI=1S/C29H23FN6O/c30-20-7-9-22(10-8-20)36-27-6-2-1-5-23(27)34-26-16-24(35-29-19(18-31)4-3-13-32-29)25(17-28(26)36)33-21-11-14-37-15-12-21/h1-10,13,16-17,21H,11-12,14-15H2,(H,32,35)/b33-25+. The van der Waals surface area contributed by atoms with Gasteiger partial charge in [-0.1, -0.05) is 12.1 Å². The molecule has 1 aliphatic carbocycles. The van der Waals surface area contributed by atoms with Crippen molar-refractivity contribution in [3.8, 4) is 23.1 Å². The van der Waals surface area contributed by atoms with Crippen molar-refractivity contribution in [1.82, 2.24) is 14.5 Å². The Hall–Kier alpha value is -4.61. The second-order valence-electron chi connectivity index (χ2n) is 8.88. The molecule has 1 saturated heterocycles. The number of ether oxygens (including phenoxy) is 1. The van der Waals surface area contributed by atoms with Crippen molar-refractivity contribution >= 4 is 22.5 Å². The smallest absolute Gasteiger partial charge is 0.148 e. The Morgan fingerprint density at radius 1 is 1.03 bits per heavy atom. The monoisotopic (exact) mass is 490 g/mol. The normalized spacial score (nSPS) is 14.6. The van der Waals surface area contributed by atoms with Gasteiger partial charge in [-0.3, -0.25) is 4.99 Å². The summed E-state index contributed by atoms with van der Waals surface area (Å²) in [7, 11) is 0. The fraction of sp³-hybridized carbons (Fsp3) is 0.172. The maximum atomic E-state index is 13.8. The van der Waals surface area contributed by atoms with Crippen LogP contribution in [0.3, 0.4) is 0 Å². The number of nitrogens with one attached hydrogen (secondary N) is 1. The number of aromatic nitrogens is 3. The molecule has 2 aromatic carbocycles. The van der Waals surface area contributed by atoms with E-state index in [1.165, 1.54) is 12.1 Å². The summed E-state index contributed by atoms with van der Waals surface area (Å²) in [6, 6.07) is 24.0. The largest absolute Gasteiger partial charge is 0.381 e. The van der Waals surface area contributed by atoms with E-state index in [2.05, 4.69) is 20.9 Å². The Kier molecular flexibility index (Phi) is 6.05. The first-order valence-corrected chi connectivity index (χ1v) is 12.1. The van der Waals surface area contributed by atoms with E-state index in [9.17, 15) is 9.65 Å². The van der Waals surface area contributed by atoms with Gasteiger partial charge in [0.15, 0.2) is 0 Å². The van der Waals surface area contributed by atoms with E-state index >= 15 is 0 Å². The number of benzene rings is 3. The van der Waals surface area contributed by atoms with Gasteiger partial charge in [-0.05, 0) is 73.5 Å². The molecule has 0 radical (unpaired) electrons. The van der Waals surface area contributed by atoms with E-state index < -0.39 is 0 Å². The number of halogens is 1. The van der Waals surface area contributed by atoms with Crippen LogP contribution >= 0.6 is 0 Å². The predicted octanol–water partition coefficient (Wildman–Crippen LogP) is 5.36. The minimum atomic E-state index is -0.294. The van der Waals surface area contributed by atoms with Gasteiger partial charge in [0.25, 0.3) is 0 Å². The van der Waals surface area contributed by atoms with Crippen LogP contribution in [0.4, 0.5) is 15.9 Å². The SMILES string of the molecule is N#Cc1cccnc1Nc1cc2nc3ccccc3n(-c3ccc(F)cc3)c-2c/c1=N\C1CCOCC1. The topological polar surface area (TPSA) is 88.1 Å². The first-order valence-electron chi connectivity index (χ1n) is 12.1. The van der Waals surface area contributed by atoms with Crippen LogP contribution in [0.15, 0.2) is 84.0 Å². The summed E-state index contributed by atoms with van der Waals surface area (Å²) in [5.74, 6) is 0.164. The van der Waals surface area contributed by atoms with Crippen LogP contribution in [0.5, 0.6) is 0 Å². The number of anilines is 2. The first-order chi connectivity index (χ1) is 18.2. The zero-order valence-corrected chi connectivity index (χ0v) is 19.9. The highest BCUT2D eigenvalue weighted by molar-refractivity contribution is 5.84. The quantitative estimate of drug-likeness (QED) is 0.343. The maximum absolute atomic E-state index is 13.8. The molecule has 6 rings (SSSR count). The van der Waals surface area contributed by atoms with Crippen LogP contribution in [0, 0.1) is 17.1 Å². The van der Waals surface area contributed by atoms with Gasteiger partial charge in [0.05, 0.1) is 45.1 Å². The van der Waals surface area contributed by atoms with Gasteiger partial charge in [0.2, 0.25) is 0 Å². The molecule has 0 atom stereocenters. The molecule has 0 spiro atoms. The Bertz CT molecular complexity index is 1670. The fourth-order valence-corrected chi connectivity index (χ4v) is 4.65. The van der Waals surface area contributed by atoms with Crippen molar-refractivity contribution in [2.45, 2.75) is 18.9 Å². The lowest BCUT2D eigenvalue weighted by Crippen LogP contribution is -2.23. The average Bonchev–Trinajstić information content (AvgIpc) is 2.94. The predicted molar refractivity (Wildman–Crippen MR) is 139 cm³/mol. The van der Waals surface area contributed by atoms with Crippen molar-refractivity contribution in [3.05, 3.63) is 95.7 Å². The molecule has 7 nitrogen and oxygen atoms in total. The van der Waals surface area contributed by atoms with Crippen LogP contribution in [-0.4, -0.2) is 33.8 Å². The average molecular weight is 491 g/mol. The number of nitrogens with zero attached hydrogens (tertiary/aromatic N) is 5. The molecule has 1 fully saturated rings. The van der Waals surface area contributed by atoms with Crippen molar-refractivity contribution in [2.24, 2.45) is 4.99 Å². The van der Waals surface area contributed by atoms with Gasteiger partial charge in [-0.2, -0.15) is 5.26 Å². The summed E-state index contributed by atoms with van der Waals surface area (Å²) in [4.78, 5) is 14.4. The summed E-state index contributed by atoms with van der Waals surface area (Å²) in [5, 5.41) is 13.7. The van der Waals surface area contributed by atoms with E-state index in [-0.39, 0.29) is 11.9 Å². The third kappa shape index (κ3) is 4.53. The lowest BCUT2D eigenvalue weighted by Gasteiger charge is -2.22. The van der Waals surface area contributed by atoms with Gasteiger partial charge in [0, 0.05) is 25.1 Å². The summed E-state index contributed by atoms with van der Waals surface area (Å²) in [5.41, 5.74) is 5.23. The molecular weight excluding hydrogens is 467 g/mol. The zero-order chi connectivity index (χ0) is 25.2. The van der Waals surface area contributed by atoms with Crippen LogP contribution < -0.4 is 10.7 Å². The molecule has 0 bridgehead atoms. The Morgan fingerprint density at radius 2 is 1.84 bits per heavy atom. The first kappa shape index (κ1) is 22.8. The van der Waals surface area contributed by atoms with E-state index in [0.717, 1.165) is 46.3 Å². The summed E-state index contributed by atoms with van der Waals surface area (Å²) in [6.07, 6.45) is 3.31. The Labute approximate surface area is 212 Å². The molecule has 37 heavy (non-hydrogen) atoms. The third-order valence-electron chi connectivity index (χ3n) is 6.48. The minimum Gasteiger partial charge on any atom is -0.381 e. The molecule has 1 aromatic heterocycles. The van der Waals surface area contributed by atoms with Crippen LogP contribution in [-0.2, 0) is 4.74 Å². The van der Waals surface area contributed by atoms with Crippen molar-refractivity contribution in [2.75, 3.05) is 18.5 Å². The number of rotatable bonds is 4. The lowest BCUT2D eigenvalue weighted by molar-refractivity contribution is 0.0864. The fourth-order valence-electron chi connectivity index (χ4n) is 4.65. The van der Waals surface area contributed by atoms with E-state index in [4.69, 9.17) is 14.7 Å². The second kappa shape index (κ2) is 9.80. The van der Waals surface area contributed by atoms with Gasteiger partial charge >= 0.3 is 0 Å². The number of pyridine rings is 1. The highest BCUT2D eigenvalue weighted by atomic mass is 19.1. The molecular formula is C29H23FN6O. The number of para-hydroxylation sites is 2. The second-order valence-corrected chi connectivity index (χ2v) is 8.88. The minimum absolute atomic E-state index is 0.110. The molecule has 3 aliphatic rings. The van der Waals surface area contributed by atoms with Crippen molar-refractivity contribution < 1.29 is 9.13 Å². The number of hydrogen-bond acceptors (Lipinski definition) is 6. The highest BCUT2D eigenvalue weighted by Crippen LogP contribution is 2.30.